The fraction of sp³-hybridized carbons (Fsp3) is 0.591. The van der Waals surface area contributed by atoms with Crippen molar-refractivity contribution in [3.05, 3.63) is 29.8 Å². The van der Waals surface area contributed by atoms with Gasteiger partial charge in [0, 0.05) is 31.7 Å². The molecule has 25 heteroatoms. The molecule has 1 saturated carbocycles. The number of benzene rings is 1. The number of phenols is 1. The quantitative estimate of drug-likeness (QED) is 0.0589. The molecule has 1 aromatic rings. The molecule has 11 amide bonds. The SMILES string of the molecule is CC[C@H](C)[C@@H]1NC(=O)[C@H](Cc2ccc(O)cc2)NC(=O)CCC(=O)NC[C@@H](C(=O)N(CC(=O)N[C@@H](CC(C)C)C(=O)NCC(N)=O)C2CC2)OC(=O)[C@H](CC(N)=O)NC(=O)[C@H](CCC(N)=O)NC1=O. The third-order valence-corrected chi connectivity index (χ3v) is 11.1. The van der Waals surface area contributed by atoms with Crippen molar-refractivity contribution in [1.29, 1.82) is 0 Å². The molecule has 1 aliphatic carbocycles. The number of ether oxygens (including phenoxy) is 1. The van der Waals surface area contributed by atoms with E-state index in [0.29, 0.717) is 24.8 Å². The predicted molar refractivity (Wildman–Crippen MR) is 242 cm³/mol. The fourth-order valence-corrected chi connectivity index (χ4v) is 7.06. The van der Waals surface area contributed by atoms with Crippen molar-refractivity contribution in [2.75, 3.05) is 19.6 Å². The van der Waals surface area contributed by atoms with Crippen LogP contribution >= 0.6 is 0 Å². The zero-order valence-electron chi connectivity index (χ0n) is 39.1. The highest BCUT2D eigenvalue weighted by atomic mass is 16.6. The lowest BCUT2D eigenvalue weighted by Crippen LogP contribution is -2.60. The van der Waals surface area contributed by atoms with E-state index in [4.69, 9.17) is 21.9 Å². The molecule has 25 nitrogen and oxygen atoms in total. The van der Waals surface area contributed by atoms with Crippen LogP contribution < -0.4 is 54.4 Å². The van der Waals surface area contributed by atoms with E-state index in [-0.39, 0.29) is 24.5 Å². The highest BCUT2D eigenvalue weighted by molar-refractivity contribution is 5.98. The minimum Gasteiger partial charge on any atom is -0.508 e. The third kappa shape index (κ3) is 19.4. The number of cyclic esters (lactones) is 1. The standard InChI is InChI=1S/C44H65N11O14/c1-5-23(4)38-42(66)52-27(12-13-32(45)57)40(64)53-30(18-33(46)58)44(68)69-31(19-48-35(60)14-15-36(61)50-29(41(65)54-38)17-24-6-10-26(56)11-7-24)43(67)55(25-8-9-25)21-37(62)51-28(16-22(2)3)39(63)49-20-34(47)59/h6-7,10-11,22-23,25,27-31,38,56H,5,8-9,12-21H2,1-4H3,(H2,45,57)(H2,46,58)(H2,47,59)(H,48,60)(H,49,63)(H,50,61)(H,51,62)(H,52,66)(H,53,64)(H,54,65)/t23-,27-,28-,29-,30-,31-,38-/m0/s1. The number of nitrogens with zero attached hydrogens (tertiary/aromatic N) is 1. The molecule has 0 radical (unpaired) electrons. The zero-order chi connectivity index (χ0) is 51.5. The summed E-state index contributed by atoms with van der Waals surface area (Å²) in [6, 6.07) is -2.30. The number of carbonyl (C=O) groups excluding carboxylic acids is 12. The number of primary amides is 3. The highest BCUT2D eigenvalue weighted by Crippen LogP contribution is 2.28. The first kappa shape index (κ1) is 56.0. The van der Waals surface area contributed by atoms with Gasteiger partial charge in [0.05, 0.1) is 26.1 Å². The van der Waals surface area contributed by atoms with Gasteiger partial charge in [0.15, 0.2) is 6.10 Å². The first-order chi connectivity index (χ1) is 32.5. The van der Waals surface area contributed by atoms with Crippen LogP contribution in [0.3, 0.4) is 0 Å². The van der Waals surface area contributed by atoms with Gasteiger partial charge >= 0.3 is 5.97 Å². The molecule has 2 aliphatic rings. The number of esters is 1. The Balaban J connectivity index is 2.05. The van der Waals surface area contributed by atoms with Crippen molar-refractivity contribution >= 4 is 70.9 Å². The number of nitrogens with two attached hydrogens (primary N) is 3. The van der Waals surface area contributed by atoms with Gasteiger partial charge in [-0.15, -0.1) is 0 Å². The normalized spacial score (nSPS) is 21.9. The molecule has 1 aromatic carbocycles. The maximum atomic E-state index is 14.4. The lowest BCUT2D eigenvalue weighted by Gasteiger charge is -2.30. The van der Waals surface area contributed by atoms with Crippen molar-refractivity contribution in [2.24, 2.45) is 29.0 Å². The number of phenolic OH excluding ortho intramolecular Hbond substituents is 1. The van der Waals surface area contributed by atoms with Gasteiger partial charge in [-0.05, 0) is 55.2 Å². The van der Waals surface area contributed by atoms with Gasteiger partial charge in [-0.3, -0.25) is 52.7 Å². The van der Waals surface area contributed by atoms with E-state index < -0.39 is 171 Å². The van der Waals surface area contributed by atoms with E-state index in [1.54, 1.807) is 27.7 Å². The first-order valence-corrected chi connectivity index (χ1v) is 22.7. The van der Waals surface area contributed by atoms with E-state index >= 15 is 0 Å². The summed E-state index contributed by atoms with van der Waals surface area (Å²) in [7, 11) is 0. The van der Waals surface area contributed by atoms with Crippen LogP contribution in [0.2, 0.25) is 0 Å². The van der Waals surface area contributed by atoms with E-state index in [1.807, 2.05) is 0 Å². The molecule has 3 rings (SSSR count). The smallest absolute Gasteiger partial charge is 0.330 e. The number of hydrogen-bond donors (Lipinski definition) is 11. The highest BCUT2D eigenvalue weighted by Gasteiger charge is 2.41. The largest absolute Gasteiger partial charge is 0.508 e. The van der Waals surface area contributed by atoms with Crippen molar-refractivity contribution in [3.63, 3.8) is 0 Å². The number of rotatable bonds is 19. The van der Waals surface area contributed by atoms with Crippen LogP contribution in [0.15, 0.2) is 24.3 Å². The number of amides is 11. The van der Waals surface area contributed by atoms with Crippen molar-refractivity contribution in [2.45, 2.75) is 134 Å². The van der Waals surface area contributed by atoms with Crippen LogP contribution in [0, 0.1) is 11.8 Å². The summed E-state index contributed by atoms with van der Waals surface area (Å²) in [6.45, 7) is 4.95. The molecule has 0 aromatic heterocycles. The molecular weight excluding hydrogens is 907 g/mol. The maximum absolute atomic E-state index is 14.4. The molecule has 69 heavy (non-hydrogen) atoms. The molecule has 1 heterocycles. The molecule has 0 bridgehead atoms. The van der Waals surface area contributed by atoms with Gasteiger partial charge in [0.1, 0.15) is 36.0 Å². The van der Waals surface area contributed by atoms with Crippen molar-refractivity contribution < 1.29 is 67.4 Å². The third-order valence-electron chi connectivity index (χ3n) is 11.1. The second-order valence-corrected chi connectivity index (χ2v) is 17.5. The van der Waals surface area contributed by atoms with Crippen LogP contribution in [-0.2, 0) is 68.7 Å². The van der Waals surface area contributed by atoms with Crippen LogP contribution in [0.25, 0.3) is 0 Å². The Labute approximate surface area is 398 Å². The number of nitrogens with one attached hydrogen (secondary N) is 7. The number of hydrogen-bond acceptors (Lipinski definition) is 14. The summed E-state index contributed by atoms with van der Waals surface area (Å²) >= 11 is 0. The van der Waals surface area contributed by atoms with Gasteiger partial charge in [0.2, 0.25) is 59.1 Å². The molecule has 380 valence electrons. The molecule has 7 atom stereocenters. The monoisotopic (exact) mass is 971 g/mol. The molecular formula is C44H65N11O14. The van der Waals surface area contributed by atoms with E-state index in [0.717, 1.165) is 4.90 Å². The fourth-order valence-electron chi connectivity index (χ4n) is 7.06. The molecule has 1 saturated heterocycles. The molecule has 14 N–H and O–H groups in total. The molecule has 1 aliphatic heterocycles. The van der Waals surface area contributed by atoms with Crippen LogP contribution in [0.1, 0.15) is 91.0 Å². The second kappa shape index (κ2) is 26.9. The Morgan fingerprint density at radius 1 is 0.797 bits per heavy atom. The molecule has 0 unspecified atom stereocenters. The Bertz CT molecular complexity index is 2080. The molecule has 0 spiro atoms. The van der Waals surface area contributed by atoms with Crippen LogP contribution in [0.5, 0.6) is 5.75 Å². The summed E-state index contributed by atoms with van der Waals surface area (Å²) in [4.78, 5) is 160. The first-order valence-electron chi connectivity index (χ1n) is 22.7. The zero-order valence-corrected chi connectivity index (χ0v) is 39.1. The van der Waals surface area contributed by atoms with E-state index in [1.165, 1.54) is 24.3 Å². The summed E-state index contributed by atoms with van der Waals surface area (Å²) in [5.41, 5.74) is 16.5. The van der Waals surface area contributed by atoms with Crippen molar-refractivity contribution in [3.8, 4) is 5.75 Å². The number of carbonyl (C=O) groups is 12. The number of aromatic hydroxyl groups is 1. The Morgan fingerprint density at radius 3 is 2.00 bits per heavy atom. The van der Waals surface area contributed by atoms with Crippen LogP contribution in [0.4, 0.5) is 0 Å². The van der Waals surface area contributed by atoms with Gasteiger partial charge < -0.3 is 69.2 Å². The van der Waals surface area contributed by atoms with Gasteiger partial charge in [-0.2, -0.15) is 0 Å². The summed E-state index contributed by atoms with van der Waals surface area (Å²) in [6.07, 6.45) is -3.72. The Morgan fingerprint density at radius 2 is 1.42 bits per heavy atom. The lowest BCUT2D eigenvalue weighted by atomic mass is 9.96. The topological polar surface area (TPSA) is 400 Å². The minimum absolute atomic E-state index is 0.0702. The van der Waals surface area contributed by atoms with Gasteiger partial charge in [-0.25, -0.2) is 4.79 Å². The summed E-state index contributed by atoms with van der Waals surface area (Å²) in [5.74, 6) is -12.1. The van der Waals surface area contributed by atoms with Crippen LogP contribution in [-0.4, -0.2) is 143 Å². The summed E-state index contributed by atoms with van der Waals surface area (Å²) < 4.78 is 5.59. The average Bonchev–Trinajstić information content (AvgIpc) is 4.13. The Kier molecular flexibility index (Phi) is 21.8. The van der Waals surface area contributed by atoms with E-state index in [2.05, 4.69) is 37.2 Å². The maximum Gasteiger partial charge on any atom is 0.330 e. The second-order valence-electron chi connectivity index (χ2n) is 17.5. The predicted octanol–water partition coefficient (Wildman–Crippen LogP) is -3.99. The lowest BCUT2D eigenvalue weighted by molar-refractivity contribution is -0.163. The average molecular weight is 972 g/mol. The molecule has 2 fully saturated rings. The van der Waals surface area contributed by atoms with Gasteiger partial charge in [0.25, 0.3) is 5.91 Å². The van der Waals surface area contributed by atoms with E-state index in [9.17, 15) is 62.6 Å². The van der Waals surface area contributed by atoms with Crippen molar-refractivity contribution in [1.82, 2.24) is 42.1 Å². The Hall–Kier alpha value is -7.34. The minimum atomic E-state index is -1.95. The van der Waals surface area contributed by atoms with Gasteiger partial charge in [-0.1, -0.05) is 46.2 Å². The summed E-state index contributed by atoms with van der Waals surface area (Å²) in [5, 5.41) is 27.1.